The highest BCUT2D eigenvalue weighted by atomic mass is 28.3. The number of hydrogen-bond acceptors (Lipinski definition) is 7. The largest absolute Gasteiger partial charge is 0.496 e. The van der Waals surface area contributed by atoms with Crippen LogP contribution >= 0.6 is 0 Å². The summed E-state index contributed by atoms with van der Waals surface area (Å²) < 4.78 is 38.6. The summed E-state index contributed by atoms with van der Waals surface area (Å²) in [5, 5.41) is -1.66. The fourth-order valence-electron chi connectivity index (χ4n) is 7.10. The Morgan fingerprint density at radius 1 is 1.04 bits per heavy atom. The van der Waals surface area contributed by atoms with Gasteiger partial charge in [-0.2, -0.15) is 4.98 Å². The van der Waals surface area contributed by atoms with E-state index in [0.29, 0.717) is 11.3 Å². The minimum Gasteiger partial charge on any atom is -0.496 e. The number of hydrogen-bond donors (Lipinski definition) is 1. The molecule has 253 valence electrons. The number of terminal acetylenes is 1. The summed E-state index contributed by atoms with van der Waals surface area (Å²) in [6, 6.07) is 26.6. The van der Waals surface area contributed by atoms with E-state index < -0.39 is 42.6 Å². The Hall–Kier alpha value is -4.76. The smallest absolute Gasteiger partial charge is 0.284 e. The molecule has 1 aliphatic rings. The molecule has 3 aromatic carbocycles. The van der Waals surface area contributed by atoms with Crippen LogP contribution in [0.2, 0.25) is 13.1 Å². The minimum absolute atomic E-state index is 0.0136. The van der Waals surface area contributed by atoms with Gasteiger partial charge in [-0.1, -0.05) is 97.9 Å². The zero-order valence-electron chi connectivity index (χ0n) is 28.6. The van der Waals surface area contributed by atoms with E-state index in [-0.39, 0.29) is 30.1 Å². The average Bonchev–Trinajstić information content (AvgIpc) is 3.65. The van der Waals surface area contributed by atoms with Crippen LogP contribution in [0.4, 0.5) is 10.3 Å². The standard InChI is InChI=1S/C38H41FN5O4Si/c1-8-36(39)23-28(24-47-35(2,3)4)48-38(36,49(6)7)43-25-41-31-32(43)42-34(40)44(33(31)45)37(26-17-11-9-12-18-26,27-19-13-10-14-20-27)29-21-15-16-22-30(29)46-5/h1,9-22,25,28H,23-24H2,2-7H3,(H2,40,42)/t28-,36-,38+/m0/s1. The summed E-state index contributed by atoms with van der Waals surface area (Å²) >= 11 is 0. The van der Waals surface area contributed by atoms with Gasteiger partial charge in [-0.3, -0.25) is 13.9 Å². The molecule has 2 aromatic heterocycles. The number of halogens is 1. The van der Waals surface area contributed by atoms with Crippen molar-refractivity contribution in [3.8, 4) is 18.1 Å². The quantitative estimate of drug-likeness (QED) is 0.117. The molecule has 0 unspecified atom stereocenters. The maximum atomic E-state index is 17.2. The second kappa shape index (κ2) is 12.6. The number of alkyl halides is 1. The number of para-hydroxylation sites is 1. The highest BCUT2D eigenvalue weighted by Gasteiger charge is 2.64. The molecule has 3 heterocycles. The molecular weight excluding hydrogens is 638 g/mol. The Kier molecular flexibility index (Phi) is 8.77. The van der Waals surface area contributed by atoms with Gasteiger partial charge in [0.05, 0.1) is 31.7 Å². The van der Waals surface area contributed by atoms with E-state index in [1.807, 2.05) is 119 Å². The molecule has 11 heteroatoms. The number of anilines is 1. The number of nitrogen functional groups attached to an aromatic ring is 1. The average molecular weight is 679 g/mol. The van der Waals surface area contributed by atoms with Crippen LogP contribution in [0.1, 0.15) is 43.9 Å². The predicted octanol–water partition coefficient (Wildman–Crippen LogP) is 5.92. The van der Waals surface area contributed by atoms with Crippen molar-refractivity contribution < 1.29 is 18.6 Å². The fourth-order valence-corrected chi connectivity index (χ4v) is 9.12. The van der Waals surface area contributed by atoms with E-state index >= 15 is 9.18 Å². The summed E-state index contributed by atoms with van der Waals surface area (Å²) in [6.45, 7) is 9.73. The lowest BCUT2D eigenvalue weighted by atomic mass is 9.76. The molecule has 3 atom stereocenters. The van der Waals surface area contributed by atoms with Crippen molar-refractivity contribution in [2.24, 2.45) is 0 Å². The van der Waals surface area contributed by atoms with E-state index in [2.05, 4.69) is 10.9 Å². The van der Waals surface area contributed by atoms with E-state index in [1.165, 1.54) is 15.5 Å². The summed E-state index contributed by atoms with van der Waals surface area (Å²) in [6.07, 6.45) is 6.60. The van der Waals surface area contributed by atoms with Crippen LogP contribution < -0.4 is 16.0 Å². The molecule has 49 heavy (non-hydrogen) atoms. The van der Waals surface area contributed by atoms with Gasteiger partial charge in [0.1, 0.15) is 20.1 Å². The monoisotopic (exact) mass is 678 g/mol. The Labute approximate surface area is 287 Å². The van der Waals surface area contributed by atoms with Gasteiger partial charge < -0.3 is 19.9 Å². The molecule has 2 N–H and O–H groups in total. The van der Waals surface area contributed by atoms with Crippen molar-refractivity contribution in [3.05, 3.63) is 118 Å². The van der Waals surface area contributed by atoms with Gasteiger partial charge in [0, 0.05) is 12.0 Å². The summed E-state index contributed by atoms with van der Waals surface area (Å²) in [5.41, 5.74) is 4.52. The van der Waals surface area contributed by atoms with Crippen molar-refractivity contribution in [2.75, 3.05) is 19.5 Å². The van der Waals surface area contributed by atoms with Gasteiger partial charge in [-0.05, 0) is 38.0 Å². The van der Waals surface area contributed by atoms with Crippen molar-refractivity contribution in [2.45, 2.75) is 68.5 Å². The molecule has 0 spiro atoms. The molecule has 5 aromatic rings. The number of methoxy groups -OCH3 is 1. The van der Waals surface area contributed by atoms with Gasteiger partial charge in [0.25, 0.3) is 5.56 Å². The highest BCUT2D eigenvalue weighted by Crippen LogP contribution is 2.50. The van der Waals surface area contributed by atoms with Gasteiger partial charge in [-0.15, -0.1) is 6.42 Å². The molecule has 0 aliphatic carbocycles. The number of aromatic nitrogens is 4. The summed E-state index contributed by atoms with van der Waals surface area (Å²) in [4.78, 5) is 24.5. The number of ether oxygens (including phenoxy) is 3. The first-order valence-electron chi connectivity index (χ1n) is 16.1. The maximum absolute atomic E-state index is 17.2. The van der Waals surface area contributed by atoms with Crippen LogP contribution in [0.15, 0.2) is 96.1 Å². The fraction of sp³-hybridized carbons (Fsp3) is 0.342. The molecule has 9 nitrogen and oxygen atoms in total. The third-order valence-electron chi connectivity index (χ3n) is 9.14. The zero-order chi connectivity index (χ0) is 35.2. The van der Waals surface area contributed by atoms with Crippen LogP contribution in [-0.2, 0) is 20.4 Å². The lowest BCUT2D eigenvalue weighted by molar-refractivity contribution is -0.115. The van der Waals surface area contributed by atoms with Crippen molar-refractivity contribution >= 4 is 25.9 Å². The van der Waals surface area contributed by atoms with Gasteiger partial charge >= 0.3 is 0 Å². The molecule has 0 bridgehead atoms. The second-order valence-electron chi connectivity index (χ2n) is 13.5. The highest BCUT2D eigenvalue weighted by molar-refractivity contribution is 6.58. The first kappa shape index (κ1) is 34.1. The third kappa shape index (κ3) is 5.35. The van der Waals surface area contributed by atoms with Crippen LogP contribution in [-0.4, -0.2) is 59.0 Å². The Morgan fingerprint density at radius 3 is 2.18 bits per heavy atom. The molecule has 1 aliphatic heterocycles. The molecule has 6 rings (SSSR count). The lowest BCUT2D eigenvalue weighted by Crippen LogP contribution is -2.57. The molecule has 0 amide bonds. The van der Waals surface area contributed by atoms with E-state index in [4.69, 9.17) is 31.4 Å². The van der Waals surface area contributed by atoms with Crippen LogP contribution in [0.5, 0.6) is 5.75 Å². The number of nitrogens with two attached hydrogens (primary N) is 1. The topological polar surface area (TPSA) is 106 Å². The summed E-state index contributed by atoms with van der Waals surface area (Å²) in [7, 11) is -0.184. The van der Waals surface area contributed by atoms with Crippen LogP contribution in [0.25, 0.3) is 11.2 Å². The van der Waals surface area contributed by atoms with E-state index in [0.717, 1.165) is 11.1 Å². The Morgan fingerprint density at radius 2 is 1.63 bits per heavy atom. The van der Waals surface area contributed by atoms with E-state index in [9.17, 15) is 0 Å². The SMILES string of the molecule is C#C[C@]1(F)C[C@@H](COC(C)(C)C)O[C@@]1(n1cnc2c(=O)n(C(c3ccccc3)(c3ccccc3)c3ccccc3OC)c(N)nc21)[Si](C)C. The molecule has 1 saturated heterocycles. The van der Waals surface area contributed by atoms with Gasteiger partial charge in [0.2, 0.25) is 11.6 Å². The van der Waals surface area contributed by atoms with Gasteiger partial charge in [-0.25, -0.2) is 9.37 Å². The molecule has 1 fully saturated rings. The van der Waals surface area contributed by atoms with Crippen LogP contribution in [0.3, 0.4) is 0 Å². The zero-order valence-corrected chi connectivity index (χ0v) is 29.6. The Balaban J connectivity index is 1.66. The number of nitrogens with zero attached hydrogens (tertiary/aromatic N) is 4. The summed E-state index contributed by atoms with van der Waals surface area (Å²) in [5.74, 6) is 2.82. The number of fused-ring (bicyclic) bond motifs is 1. The molecule has 0 saturated carbocycles. The van der Waals surface area contributed by atoms with Crippen molar-refractivity contribution in [1.29, 1.82) is 0 Å². The first-order chi connectivity index (χ1) is 23.3. The number of imidazole rings is 1. The number of rotatable bonds is 9. The first-order valence-corrected chi connectivity index (χ1v) is 18.6. The van der Waals surface area contributed by atoms with Crippen LogP contribution in [0, 0.1) is 12.3 Å². The Bertz CT molecular complexity index is 2030. The number of benzene rings is 3. The molecule has 1 radical (unpaired) electrons. The van der Waals surface area contributed by atoms with Crippen molar-refractivity contribution in [1.82, 2.24) is 19.1 Å². The molecular formula is C38H41FN5O4Si. The minimum atomic E-state index is -2.25. The lowest BCUT2D eigenvalue weighted by Gasteiger charge is -2.40. The van der Waals surface area contributed by atoms with E-state index in [1.54, 1.807) is 7.11 Å². The van der Waals surface area contributed by atoms with Crippen molar-refractivity contribution in [3.63, 3.8) is 0 Å². The normalized spacial score (nSPS) is 21.2. The van der Waals surface area contributed by atoms with Gasteiger partial charge in [0.15, 0.2) is 16.5 Å². The third-order valence-corrected chi connectivity index (χ3v) is 11.3. The predicted molar refractivity (Wildman–Crippen MR) is 191 cm³/mol. The maximum Gasteiger partial charge on any atom is 0.284 e. The second-order valence-corrected chi connectivity index (χ2v) is 16.2.